The highest BCUT2D eigenvalue weighted by molar-refractivity contribution is 5.90. The summed E-state index contributed by atoms with van der Waals surface area (Å²) >= 11 is 0. The van der Waals surface area contributed by atoms with E-state index in [0.29, 0.717) is 6.54 Å². The Morgan fingerprint density at radius 1 is 1.38 bits per heavy atom. The number of carbonyl (C=O) groups excluding carboxylic acids is 1. The molecule has 1 aromatic heterocycles. The van der Waals surface area contributed by atoms with Crippen molar-refractivity contribution in [3.63, 3.8) is 0 Å². The first-order chi connectivity index (χ1) is 9.70. The zero-order valence-corrected chi connectivity index (χ0v) is 13.8. The van der Waals surface area contributed by atoms with Gasteiger partial charge in [0.25, 0.3) is 5.91 Å². The fourth-order valence-electron chi connectivity index (χ4n) is 2.41. The molecule has 2 N–H and O–H groups in total. The molecule has 1 aromatic rings. The van der Waals surface area contributed by atoms with E-state index in [0.717, 1.165) is 31.8 Å². The molecule has 0 atom stereocenters. The van der Waals surface area contributed by atoms with Crippen LogP contribution in [0.4, 0.5) is 0 Å². The largest absolute Gasteiger partial charge is 0.349 e. The molecule has 1 saturated heterocycles. The maximum atomic E-state index is 12.2. The van der Waals surface area contributed by atoms with E-state index in [1.165, 1.54) is 0 Å². The van der Waals surface area contributed by atoms with Gasteiger partial charge in [0.15, 0.2) is 0 Å². The zero-order valence-electron chi connectivity index (χ0n) is 13.8. The van der Waals surface area contributed by atoms with Crippen molar-refractivity contribution in [2.45, 2.75) is 46.0 Å². The van der Waals surface area contributed by atoms with Gasteiger partial charge in [-0.05, 0) is 38.4 Å². The van der Waals surface area contributed by atoms with Crippen LogP contribution in [-0.4, -0.2) is 52.7 Å². The molecule has 1 aliphatic rings. The molecule has 0 radical (unpaired) electrons. The van der Waals surface area contributed by atoms with Gasteiger partial charge in [0.2, 0.25) is 5.82 Å². The number of likely N-dealkylation sites (tertiary alicyclic amines) is 1. The number of nitrogens with zero attached hydrogens (tertiary/aromatic N) is 3. The minimum absolute atomic E-state index is 0.133. The normalized spacial score (nSPS) is 19.5. The number of H-pyrrole nitrogens is 1. The standard InChI is InChI=1S/C15H27N5O/c1-14(2,3)13-17-11(18-19-13)12(21)16-10-15(4)6-8-20(5)9-7-15/h6-10H2,1-5H3,(H,16,21)(H,17,18,19). The Morgan fingerprint density at radius 3 is 2.52 bits per heavy atom. The number of hydrogen-bond acceptors (Lipinski definition) is 4. The summed E-state index contributed by atoms with van der Waals surface area (Å²) < 4.78 is 0. The molecule has 6 heteroatoms. The van der Waals surface area contributed by atoms with E-state index in [1.54, 1.807) is 0 Å². The quantitative estimate of drug-likeness (QED) is 0.887. The number of aromatic nitrogens is 3. The summed E-state index contributed by atoms with van der Waals surface area (Å²) in [6.45, 7) is 11.2. The van der Waals surface area contributed by atoms with Gasteiger partial charge in [-0.25, -0.2) is 4.98 Å². The smallest absolute Gasteiger partial charge is 0.290 e. The maximum absolute atomic E-state index is 12.2. The predicted molar refractivity (Wildman–Crippen MR) is 82.3 cm³/mol. The summed E-state index contributed by atoms with van der Waals surface area (Å²) in [6.07, 6.45) is 2.20. The minimum Gasteiger partial charge on any atom is -0.349 e. The second-order valence-electron chi connectivity index (χ2n) is 7.55. The highest BCUT2D eigenvalue weighted by Gasteiger charge is 2.30. The summed E-state index contributed by atoms with van der Waals surface area (Å²) in [5.74, 6) is 0.775. The van der Waals surface area contributed by atoms with E-state index in [2.05, 4.69) is 39.4 Å². The molecule has 2 heterocycles. The Hall–Kier alpha value is -1.43. The van der Waals surface area contributed by atoms with Crippen LogP contribution in [0.15, 0.2) is 0 Å². The Morgan fingerprint density at radius 2 is 2.00 bits per heavy atom. The first-order valence-corrected chi connectivity index (χ1v) is 7.59. The van der Waals surface area contributed by atoms with Crippen molar-refractivity contribution in [1.82, 2.24) is 25.4 Å². The van der Waals surface area contributed by atoms with Gasteiger partial charge in [0.05, 0.1) is 0 Å². The topological polar surface area (TPSA) is 73.9 Å². The van der Waals surface area contributed by atoms with Crippen molar-refractivity contribution in [3.05, 3.63) is 11.6 Å². The highest BCUT2D eigenvalue weighted by atomic mass is 16.2. The second kappa shape index (κ2) is 5.75. The molecule has 1 amide bonds. The number of amides is 1. The molecule has 118 valence electrons. The van der Waals surface area contributed by atoms with E-state index in [1.807, 2.05) is 20.8 Å². The van der Waals surface area contributed by atoms with Crippen LogP contribution in [0.1, 0.15) is 57.0 Å². The monoisotopic (exact) mass is 293 g/mol. The zero-order chi connectivity index (χ0) is 15.7. The molecule has 21 heavy (non-hydrogen) atoms. The van der Waals surface area contributed by atoms with Gasteiger partial charge in [-0.2, -0.15) is 0 Å². The van der Waals surface area contributed by atoms with Crippen LogP contribution >= 0.6 is 0 Å². The van der Waals surface area contributed by atoms with Gasteiger partial charge in [0.1, 0.15) is 5.82 Å². The average Bonchev–Trinajstić information content (AvgIpc) is 2.90. The van der Waals surface area contributed by atoms with E-state index in [4.69, 9.17) is 0 Å². The van der Waals surface area contributed by atoms with Crippen molar-refractivity contribution in [3.8, 4) is 0 Å². The summed E-state index contributed by atoms with van der Waals surface area (Å²) in [4.78, 5) is 18.8. The van der Waals surface area contributed by atoms with Gasteiger partial charge < -0.3 is 10.2 Å². The Bertz CT molecular complexity index is 494. The van der Waals surface area contributed by atoms with Crippen LogP contribution in [-0.2, 0) is 5.41 Å². The first kappa shape index (κ1) is 15.9. The molecule has 0 aliphatic carbocycles. The molecule has 0 bridgehead atoms. The van der Waals surface area contributed by atoms with Crippen LogP contribution in [0.3, 0.4) is 0 Å². The third-order valence-corrected chi connectivity index (χ3v) is 4.27. The molecule has 0 aromatic carbocycles. The number of carbonyl (C=O) groups is 1. The van der Waals surface area contributed by atoms with Gasteiger partial charge in [0, 0.05) is 12.0 Å². The lowest BCUT2D eigenvalue weighted by molar-refractivity contribution is 0.0882. The van der Waals surface area contributed by atoms with Crippen molar-refractivity contribution in [2.75, 3.05) is 26.7 Å². The van der Waals surface area contributed by atoms with Gasteiger partial charge in [-0.15, -0.1) is 5.10 Å². The van der Waals surface area contributed by atoms with Crippen molar-refractivity contribution in [1.29, 1.82) is 0 Å². The number of piperidine rings is 1. The summed E-state index contributed by atoms with van der Waals surface area (Å²) in [5, 5.41) is 9.86. The number of hydrogen-bond donors (Lipinski definition) is 2. The van der Waals surface area contributed by atoms with Crippen LogP contribution in [0.5, 0.6) is 0 Å². The van der Waals surface area contributed by atoms with E-state index in [9.17, 15) is 4.79 Å². The predicted octanol–water partition coefficient (Wildman–Crippen LogP) is 1.56. The van der Waals surface area contributed by atoms with Crippen LogP contribution in [0.25, 0.3) is 0 Å². The molecule has 1 fully saturated rings. The van der Waals surface area contributed by atoms with E-state index in [-0.39, 0.29) is 22.6 Å². The summed E-state index contributed by atoms with van der Waals surface area (Å²) in [6, 6.07) is 0. The lowest BCUT2D eigenvalue weighted by Crippen LogP contribution is -2.43. The number of aromatic amines is 1. The van der Waals surface area contributed by atoms with Gasteiger partial charge in [-0.3, -0.25) is 9.89 Å². The highest BCUT2D eigenvalue weighted by Crippen LogP contribution is 2.29. The molecule has 0 saturated carbocycles. The number of nitrogens with one attached hydrogen (secondary N) is 2. The van der Waals surface area contributed by atoms with E-state index < -0.39 is 0 Å². The molecule has 1 aliphatic heterocycles. The number of rotatable bonds is 3. The van der Waals surface area contributed by atoms with Crippen LogP contribution in [0, 0.1) is 5.41 Å². The summed E-state index contributed by atoms with van der Waals surface area (Å²) in [7, 11) is 2.14. The molecule has 0 unspecified atom stereocenters. The Labute approximate surface area is 126 Å². The van der Waals surface area contributed by atoms with Crippen molar-refractivity contribution < 1.29 is 4.79 Å². The summed E-state index contributed by atoms with van der Waals surface area (Å²) in [5.41, 5.74) is 0.0385. The fourth-order valence-corrected chi connectivity index (χ4v) is 2.41. The van der Waals surface area contributed by atoms with E-state index >= 15 is 0 Å². The molecular weight excluding hydrogens is 266 g/mol. The SMILES string of the molecule is CN1CCC(C)(CNC(=O)c2n[nH]c(C(C)(C)C)n2)CC1. The lowest BCUT2D eigenvalue weighted by Gasteiger charge is -2.37. The molecule has 6 nitrogen and oxygen atoms in total. The second-order valence-corrected chi connectivity index (χ2v) is 7.55. The Kier molecular flexibility index (Phi) is 4.37. The third kappa shape index (κ3) is 4.03. The van der Waals surface area contributed by atoms with Gasteiger partial charge >= 0.3 is 0 Å². The average molecular weight is 293 g/mol. The van der Waals surface area contributed by atoms with Crippen LogP contribution < -0.4 is 5.32 Å². The van der Waals surface area contributed by atoms with Gasteiger partial charge in [-0.1, -0.05) is 27.7 Å². The lowest BCUT2D eigenvalue weighted by atomic mass is 9.80. The minimum atomic E-state index is -0.193. The molecular formula is C15H27N5O. The molecule has 0 spiro atoms. The van der Waals surface area contributed by atoms with Crippen LogP contribution in [0.2, 0.25) is 0 Å². The maximum Gasteiger partial charge on any atom is 0.290 e. The first-order valence-electron chi connectivity index (χ1n) is 7.59. The third-order valence-electron chi connectivity index (χ3n) is 4.27. The van der Waals surface area contributed by atoms with Crippen molar-refractivity contribution >= 4 is 5.91 Å². The molecule has 2 rings (SSSR count). The Balaban J connectivity index is 1.91. The van der Waals surface area contributed by atoms with Crippen molar-refractivity contribution in [2.24, 2.45) is 5.41 Å². The fraction of sp³-hybridized carbons (Fsp3) is 0.800.